The molecule has 0 radical (unpaired) electrons. The second kappa shape index (κ2) is 7.75. The molecule has 8 heteroatoms. The number of rotatable bonds is 5. The summed E-state index contributed by atoms with van der Waals surface area (Å²) in [6.07, 6.45) is 7.71. The van der Waals surface area contributed by atoms with E-state index in [1.807, 2.05) is 12.4 Å². The Labute approximate surface area is 168 Å². The molecule has 1 unspecified atom stereocenters. The summed E-state index contributed by atoms with van der Waals surface area (Å²) in [6.45, 7) is 3.97. The Hall–Kier alpha value is -0.300. The van der Waals surface area contributed by atoms with Gasteiger partial charge in [-0.05, 0) is 48.7 Å². The Morgan fingerprint density at radius 2 is 2.12 bits per heavy atom. The van der Waals surface area contributed by atoms with Gasteiger partial charge in [-0.3, -0.25) is 4.90 Å². The highest BCUT2D eigenvalue weighted by Crippen LogP contribution is 2.56. The van der Waals surface area contributed by atoms with Gasteiger partial charge in [-0.2, -0.15) is 0 Å². The molecule has 2 aromatic rings. The first-order chi connectivity index (χ1) is 11.6. The number of halogens is 3. The van der Waals surface area contributed by atoms with Crippen molar-refractivity contribution in [2.75, 3.05) is 13.1 Å². The summed E-state index contributed by atoms with van der Waals surface area (Å²) in [6, 6.07) is 0.617. The van der Waals surface area contributed by atoms with Crippen LogP contribution in [0.25, 0.3) is 0 Å². The quantitative estimate of drug-likeness (QED) is 0.779. The number of hydrogen-bond acceptors (Lipinski definition) is 4. The van der Waals surface area contributed by atoms with Crippen LogP contribution >= 0.6 is 46.9 Å². The van der Waals surface area contributed by atoms with Gasteiger partial charge in [0.2, 0.25) is 0 Å². The summed E-state index contributed by atoms with van der Waals surface area (Å²) in [4.78, 5) is 7.07. The molecule has 1 atom stereocenters. The van der Waals surface area contributed by atoms with Crippen LogP contribution in [0.5, 0.6) is 0 Å². The summed E-state index contributed by atoms with van der Waals surface area (Å²) in [7, 11) is 2.06. The molecule has 1 saturated carbocycles. The average molecular weight is 422 g/mol. The zero-order valence-electron chi connectivity index (χ0n) is 14.2. The lowest BCUT2D eigenvalue weighted by Crippen LogP contribution is -2.36. The monoisotopic (exact) mass is 420 g/mol. The first kappa shape index (κ1) is 19.5. The van der Waals surface area contributed by atoms with Gasteiger partial charge in [-0.25, -0.2) is 4.98 Å². The number of imidazole rings is 1. The lowest BCUT2D eigenvalue weighted by molar-refractivity contribution is 0.183. The molecule has 1 spiro atoms. The third-order valence-electron chi connectivity index (χ3n) is 5.58. The van der Waals surface area contributed by atoms with Gasteiger partial charge in [-0.15, -0.1) is 23.7 Å². The van der Waals surface area contributed by atoms with Crippen molar-refractivity contribution < 1.29 is 0 Å². The number of thiophene rings is 1. The molecule has 0 amide bonds. The molecule has 1 saturated heterocycles. The van der Waals surface area contributed by atoms with E-state index in [-0.39, 0.29) is 12.4 Å². The maximum Gasteiger partial charge on any atom is 0.122 e. The SMILES string of the molecule is Cl.Cn1ccnc1CN(Cc1csc(Cl)c1Cl)C1CC12CCNCC2. The fraction of sp³-hybridized carbons (Fsp3) is 0.588. The predicted molar refractivity (Wildman–Crippen MR) is 107 cm³/mol. The Balaban J connectivity index is 0.00000182. The van der Waals surface area contributed by atoms with Crippen LogP contribution in [0.2, 0.25) is 9.36 Å². The highest BCUT2D eigenvalue weighted by Gasteiger charge is 2.56. The summed E-state index contributed by atoms with van der Waals surface area (Å²) in [5.74, 6) is 1.10. The van der Waals surface area contributed by atoms with Crippen LogP contribution < -0.4 is 5.32 Å². The van der Waals surface area contributed by atoms with Gasteiger partial charge in [-0.1, -0.05) is 23.2 Å². The van der Waals surface area contributed by atoms with Crippen LogP contribution in [-0.4, -0.2) is 33.6 Å². The van der Waals surface area contributed by atoms with E-state index >= 15 is 0 Å². The van der Waals surface area contributed by atoms with Crippen LogP contribution in [-0.2, 0) is 20.1 Å². The van der Waals surface area contributed by atoms with E-state index in [0.29, 0.717) is 20.8 Å². The van der Waals surface area contributed by atoms with E-state index in [4.69, 9.17) is 23.2 Å². The third-order valence-corrected chi connectivity index (χ3v) is 7.49. The fourth-order valence-electron chi connectivity index (χ4n) is 3.99. The van der Waals surface area contributed by atoms with Crippen LogP contribution in [0.4, 0.5) is 0 Å². The molecule has 4 nitrogen and oxygen atoms in total. The zero-order chi connectivity index (χ0) is 16.7. The molecule has 2 aromatic heterocycles. The molecule has 2 fully saturated rings. The highest BCUT2D eigenvalue weighted by atomic mass is 35.5. The van der Waals surface area contributed by atoms with Gasteiger partial charge < -0.3 is 9.88 Å². The van der Waals surface area contributed by atoms with E-state index in [9.17, 15) is 0 Å². The van der Waals surface area contributed by atoms with E-state index in [1.54, 1.807) is 0 Å². The topological polar surface area (TPSA) is 33.1 Å². The zero-order valence-corrected chi connectivity index (χ0v) is 17.3. The Morgan fingerprint density at radius 3 is 2.72 bits per heavy atom. The molecule has 1 aliphatic carbocycles. The summed E-state index contributed by atoms with van der Waals surface area (Å²) in [5.41, 5.74) is 1.62. The van der Waals surface area contributed by atoms with Crippen LogP contribution in [0.3, 0.4) is 0 Å². The lowest BCUT2D eigenvalue weighted by Gasteiger charge is -2.29. The maximum atomic E-state index is 6.39. The van der Waals surface area contributed by atoms with Gasteiger partial charge in [0, 0.05) is 32.0 Å². The molecule has 3 heterocycles. The summed E-state index contributed by atoms with van der Waals surface area (Å²) < 4.78 is 2.79. The Morgan fingerprint density at radius 1 is 1.36 bits per heavy atom. The number of hydrogen-bond donors (Lipinski definition) is 1. The minimum atomic E-state index is 0. The summed E-state index contributed by atoms with van der Waals surface area (Å²) >= 11 is 14.1. The molecule has 138 valence electrons. The van der Waals surface area contributed by atoms with E-state index < -0.39 is 0 Å². The van der Waals surface area contributed by atoms with Crippen LogP contribution in [0, 0.1) is 5.41 Å². The van der Waals surface area contributed by atoms with Gasteiger partial charge in [0.05, 0.1) is 11.6 Å². The molecule has 0 aromatic carbocycles. The smallest absolute Gasteiger partial charge is 0.122 e. The fourth-order valence-corrected chi connectivity index (χ4v) is 5.23. The third kappa shape index (κ3) is 3.87. The van der Waals surface area contributed by atoms with Crippen molar-refractivity contribution in [3.05, 3.63) is 38.5 Å². The average Bonchev–Trinajstić information content (AvgIpc) is 2.95. The minimum Gasteiger partial charge on any atom is -0.337 e. The first-order valence-electron chi connectivity index (χ1n) is 8.41. The molecule has 25 heavy (non-hydrogen) atoms. The molecular weight excluding hydrogens is 399 g/mol. The maximum absolute atomic E-state index is 6.39. The van der Waals surface area contributed by atoms with E-state index in [2.05, 4.69) is 32.2 Å². The molecule has 1 aliphatic heterocycles. The number of piperidine rings is 1. The van der Waals surface area contributed by atoms with Gasteiger partial charge >= 0.3 is 0 Å². The van der Waals surface area contributed by atoms with Crippen LogP contribution in [0.1, 0.15) is 30.7 Å². The van der Waals surface area contributed by atoms with Gasteiger partial charge in [0.1, 0.15) is 10.2 Å². The first-order valence-corrected chi connectivity index (χ1v) is 10.0. The second-order valence-electron chi connectivity index (χ2n) is 7.04. The largest absolute Gasteiger partial charge is 0.337 e. The normalized spacial score (nSPS) is 21.5. The minimum absolute atomic E-state index is 0. The van der Waals surface area contributed by atoms with Gasteiger partial charge in [0.25, 0.3) is 0 Å². The van der Waals surface area contributed by atoms with Gasteiger partial charge in [0.15, 0.2) is 0 Å². The molecule has 1 N–H and O–H groups in total. The molecule has 0 bridgehead atoms. The van der Waals surface area contributed by atoms with Crippen molar-refractivity contribution in [1.29, 1.82) is 0 Å². The molecule has 4 rings (SSSR count). The van der Waals surface area contributed by atoms with Crippen LogP contribution in [0.15, 0.2) is 17.8 Å². The number of nitrogens with zero attached hydrogens (tertiary/aromatic N) is 3. The van der Waals surface area contributed by atoms with Crippen molar-refractivity contribution >= 4 is 46.9 Å². The standard InChI is InChI=1S/C17H22Cl2N4S.ClH/c1-22-7-6-21-14(22)10-23(9-12-11-24-16(19)15(12)18)13-8-17(13)2-4-20-5-3-17;/h6-7,11,13,20H,2-5,8-10H2,1H3;1H. The number of aromatic nitrogens is 2. The number of nitrogens with one attached hydrogen (secondary N) is 1. The van der Waals surface area contributed by atoms with Crippen molar-refractivity contribution in [3.63, 3.8) is 0 Å². The molecular formula is C17H23Cl3N4S. The second-order valence-corrected chi connectivity index (χ2v) is 8.90. The molecule has 2 aliphatic rings. The predicted octanol–water partition coefficient (Wildman–Crippen LogP) is 4.35. The van der Waals surface area contributed by atoms with E-state index in [0.717, 1.165) is 37.6 Å². The van der Waals surface area contributed by atoms with Crippen molar-refractivity contribution in [2.45, 2.75) is 38.4 Å². The van der Waals surface area contributed by atoms with Crippen molar-refractivity contribution in [2.24, 2.45) is 12.5 Å². The Bertz CT molecular complexity index is 723. The summed E-state index contributed by atoms with van der Waals surface area (Å²) in [5, 5.41) is 6.29. The Kier molecular flexibility index (Phi) is 6.03. The van der Waals surface area contributed by atoms with Crippen molar-refractivity contribution in [1.82, 2.24) is 19.8 Å². The number of aryl methyl sites for hydroxylation is 1. The lowest BCUT2D eigenvalue weighted by atomic mass is 9.93. The highest BCUT2D eigenvalue weighted by molar-refractivity contribution is 7.15. The van der Waals surface area contributed by atoms with E-state index in [1.165, 1.54) is 30.6 Å². The van der Waals surface area contributed by atoms with Crippen molar-refractivity contribution in [3.8, 4) is 0 Å².